The maximum absolute atomic E-state index is 12.5. The van der Waals surface area contributed by atoms with E-state index in [4.69, 9.17) is 9.47 Å². The van der Waals surface area contributed by atoms with Gasteiger partial charge in [-0.25, -0.2) is 13.1 Å². The van der Waals surface area contributed by atoms with Gasteiger partial charge in [0.15, 0.2) is 0 Å². The molecule has 1 aromatic carbocycles. The van der Waals surface area contributed by atoms with Crippen LogP contribution < -0.4 is 9.46 Å². The van der Waals surface area contributed by atoms with Crippen LogP contribution in [-0.2, 0) is 14.8 Å². The van der Waals surface area contributed by atoms with E-state index in [0.717, 1.165) is 19.5 Å². The fourth-order valence-electron chi connectivity index (χ4n) is 2.65. The summed E-state index contributed by atoms with van der Waals surface area (Å²) < 4.78 is 38.2. The van der Waals surface area contributed by atoms with Crippen LogP contribution in [0.4, 0.5) is 0 Å². The monoisotopic (exact) mass is 342 g/mol. The van der Waals surface area contributed by atoms with E-state index in [1.165, 1.54) is 0 Å². The van der Waals surface area contributed by atoms with Crippen LogP contribution >= 0.6 is 0 Å². The molecular weight excluding hydrogens is 316 g/mol. The minimum Gasteiger partial charge on any atom is -0.497 e. The van der Waals surface area contributed by atoms with Gasteiger partial charge in [0, 0.05) is 25.2 Å². The van der Waals surface area contributed by atoms with Crippen molar-refractivity contribution in [1.29, 1.82) is 0 Å². The van der Waals surface area contributed by atoms with Crippen molar-refractivity contribution < 1.29 is 17.9 Å². The lowest BCUT2D eigenvalue weighted by molar-refractivity contribution is -0.0157. The van der Waals surface area contributed by atoms with Crippen molar-refractivity contribution in [3.63, 3.8) is 0 Å². The Labute approximate surface area is 138 Å². The number of morpholine rings is 1. The molecule has 1 aromatic rings. The summed E-state index contributed by atoms with van der Waals surface area (Å²) in [4.78, 5) is 2.55. The molecule has 1 aliphatic heterocycles. The van der Waals surface area contributed by atoms with Crippen molar-refractivity contribution in [2.45, 2.75) is 30.7 Å². The van der Waals surface area contributed by atoms with Crippen LogP contribution in [0.5, 0.6) is 5.75 Å². The predicted molar refractivity (Wildman–Crippen MR) is 89.3 cm³/mol. The molecule has 7 heteroatoms. The van der Waals surface area contributed by atoms with E-state index in [1.54, 1.807) is 31.4 Å². The number of hydrogen-bond acceptors (Lipinski definition) is 5. The molecule has 0 spiro atoms. The van der Waals surface area contributed by atoms with Gasteiger partial charge in [0.25, 0.3) is 0 Å². The molecule has 6 nitrogen and oxygen atoms in total. The predicted octanol–water partition coefficient (Wildman–Crippen LogP) is 1.47. The summed E-state index contributed by atoms with van der Waals surface area (Å²) in [5.41, 5.74) is -0.219. The van der Waals surface area contributed by atoms with Crippen LogP contribution in [0.1, 0.15) is 20.3 Å². The van der Waals surface area contributed by atoms with E-state index >= 15 is 0 Å². The molecule has 0 aliphatic carbocycles. The second-order valence-corrected chi connectivity index (χ2v) is 7.72. The van der Waals surface area contributed by atoms with Crippen LogP contribution in [0.15, 0.2) is 29.2 Å². The molecule has 130 valence electrons. The number of benzene rings is 1. The van der Waals surface area contributed by atoms with Gasteiger partial charge in [-0.05, 0) is 37.6 Å². The zero-order valence-electron chi connectivity index (χ0n) is 14.0. The van der Waals surface area contributed by atoms with E-state index in [0.29, 0.717) is 25.5 Å². The van der Waals surface area contributed by atoms with E-state index in [9.17, 15) is 8.42 Å². The molecule has 0 radical (unpaired) electrons. The summed E-state index contributed by atoms with van der Waals surface area (Å²) in [6.45, 7) is 7.59. The molecule has 1 aliphatic rings. The zero-order valence-corrected chi connectivity index (χ0v) is 14.9. The second-order valence-electron chi connectivity index (χ2n) is 5.95. The Morgan fingerprint density at radius 2 is 1.87 bits per heavy atom. The van der Waals surface area contributed by atoms with Crippen molar-refractivity contribution in [1.82, 2.24) is 9.62 Å². The maximum atomic E-state index is 12.5. The van der Waals surface area contributed by atoms with Gasteiger partial charge in [-0.1, -0.05) is 6.92 Å². The van der Waals surface area contributed by atoms with Gasteiger partial charge in [0.2, 0.25) is 10.0 Å². The van der Waals surface area contributed by atoms with Crippen molar-refractivity contribution >= 4 is 10.0 Å². The highest BCUT2D eigenvalue weighted by atomic mass is 32.2. The number of ether oxygens (including phenoxy) is 2. The standard InChI is InChI=1S/C16H26N2O4S/c1-4-16(2,18-9-11-22-12-10-18)13-17-23(19,20)15-7-5-14(21-3)6-8-15/h5-8,17H,4,9-13H2,1-3H3/t16-/m0/s1. The molecule has 0 amide bonds. The molecule has 1 N–H and O–H groups in total. The molecule has 0 saturated carbocycles. The van der Waals surface area contributed by atoms with Gasteiger partial charge in [-0.2, -0.15) is 0 Å². The molecule has 23 heavy (non-hydrogen) atoms. The van der Waals surface area contributed by atoms with Gasteiger partial charge >= 0.3 is 0 Å². The Bertz CT molecular complexity index is 597. The molecule has 2 rings (SSSR count). The Hall–Kier alpha value is -1.15. The van der Waals surface area contributed by atoms with Crippen LogP contribution in [0, 0.1) is 0 Å². The van der Waals surface area contributed by atoms with Crippen molar-refractivity contribution in [3.8, 4) is 5.75 Å². The Morgan fingerprint density at radius 3 is 2.39 bits per heavy atom. The van der Waals surface area contributed by atoms with Gasteiger partial charge in [-0.3, -0.25) is 4.90 Å². The van der Waals surface area contributed by atoms with Crippen molar-refractivity contribution in [3.05, 3.63) is 24.3 Å². The quantitative estimate of drug-likeness (QED) is 0.813. The molecule has 1 fully saturated rings. The lowest BCUT2D eigenvalue weighted by atomic mass is 9.96. The average molecular weight is 342 g/mol. The van der Waals surface area contributed by atoms with Crippen molar-refractivity contribution in [2.24, 2.45) is 0 Å². The summed E-state index contributed by atoms with van der Waals surface area (Å²) >= 11 is 0. The largest absolute Gasteiger partial charge is 0.497 e. The molecule has 1 heterocycles. The Morgan fingerprint density at radius 1 is 1.26 bits per heavy atom. The number of hydrogen-bond donors (Lipinski definition) is 1. The number of methoxy groups -OCH3 is 1. The first-order chi connectivity index (χ1) is 10.9. The fourth-order valence-corrected chi connectivity index (χ4v) is 3.81. The SMILES string of the molecule is CC[C@@](C)(CNS(=O)(=O)c1ccc(OC)cc1)N1CCOCC1. The van der Waals surface area contributed by atoms with E-state index in [1.807, 2.05) is 0 Å². The maximum Gasteiger partial charge on any atom is 0.240 e. The minimum absolute atomic E-state index is 0.219. The number of nitrogens with one attached hydrogen (secondary N) is 1. The summed E-state index contributed by atoms with van der Waals surface area (Å²) in [5.74, 6) is 0.635. The summed E-state index contributed by atoms with van der Waals surface area (Å²) in [6.07, 6.45) is 0.859. The van der Waals surface area contributed by atoms with E-state index in [2.05, 4.69) is 23.5 Å². The number of nitrogens with zero attached hydrogens (tertiary/aromatic N) is 1. The third-order valence-electron chi connectivity index (χ3n) is 4.55. The molecule has 0 unspecified atom stereocenters. The van der Waals surface area contributed by atoms with Crippen LogP contribution in [0.2, 0.25) is 0 Å². The summed E-state index contributed by atoms with van der Waals surface area (Å²) in [5, 5.41) is 0. The van der Waals surface area contributed by atoms with Gasteiger partial charge in [0.1, 0.15) is 5.75 Å². The third kappa shape index (κ3) is 4.44. The highest BCUT2D eigenvalue weighted by Crippen LogP contribution is 2.21. The molecule has 1 saturated heterocycles. The second kappa shape index (κ2) is 7.61. The Kier molecular flexibility index (Phi) is 6.02. The molecule has 0 bridgehead atoms. The first kappa shape index (κ1) is 18.2. The third-order valence-corrected chi connectivity index (χ3v) is 5.97. The lowest BCUT2D eigenvalue weighted by Gasteiger charge is -2.43. The van der Waals surface area contributed by atoms with Gasteiger partial charge in [0.05, 0.1) is 25.2 Å². The Balaban J connectivity index is 2.06. The van der Waals surface area contributed by atoms with Crippen LogP contribution in [-0.4, -0.2) is 58.8 Å². The summed E-state index contributed by atoms with van der Waals surface area (Å²) in [7, 11) is -1.98. The topological polar surface area (TPSA) is 67.9 Å². The summed E-state index contributed by atoms with van der Waals surface area (Å²) in [6, 6.07) is 6.41. The van der Waals surface area contributed by atoms with Crippen molar-refractivity contribution in [2.75, 3.05) is 40.0 Å². The number of sulfonamides is 1. The van der Waals surface area contributed by atoms with Gasteiger partial charge in [-0.15, -0.1) is 0 Å². The molecule has 0 aromatic heterocycles. The van der Waals surface area contributed by atoms with Crippen LogP contribution in [0.25, 0.3) is 0 Å². The molecular formula is C16H26N2O4S. The number of rotatable bonds is 7. The van der Waals surface area contributed by atoms with E-state index in [-0.39, 0.29) is 10.4 Å². The van der Waals surface area contributed by atoms with E-state index < -0.39 is 10.0 Å². The lowest BCUT2D eigenvalue weighted by Crippen LogP contribution is -2.56. The van der Waals surface area contributed by atoms with Gasteiger partial charge < -0.3 is 9.47 Å². The smallest absolute Gasteiger partial charge is 0.240 e. The van der Waals surface area contributed by atoms with Crippen LogP contribution in [0.3, 0.4) is 0 Å². The first-order valence-corrected chi connectivity index (χ1v) is 9.36. The minimum atomic E-state index is -3.53. The highest BCUT2D eigenvalue weighted by Gasteiger charge is 2.32. The zero-order chi connectivity index (χ0) is 16.9. The first-order valence-electron chi connectivity index (χ1n) is 7.88. The normalized spacial score (nSPS) is 19.3. The fraction of sp³-hybridized carbons (Fsp3) is 0.625. The highest BCUT2D eigenvalue weighted by molar-refractivity contribution is 7.89. The average Bonchev–Trinajstić information content (AvgIpc) is 2.60. The molecule has 1 atom stereocenters.